The molecule has 0 atom stereocenters. The Morgan fingerprint density at radius 3 is 2.79 bits per heavy atom. The third kappa shape index (κ3) is 4.78. The Labute approximate surface area is 167 Å². The number of carbonyl (C=O) groups is 1. The molecule has 0 aliphatic heterocycles. The zero-order chi connectivity index (χ0) is 19.8. The molecule has 0 saturated heterocycles. The smallest absolute Gasteiger partial charge is 0.248 e. The van der Waals surface area contributed by atoms with Crippen molar-refractivity contribution < 1.29 is 14.3 Å². The van der Waals surface area contributed by atoms with E-state index in [1.165, 1.54) is 13.2 Å². The van der Waals surface area contributed by atoms with Gasteiger partial charge >= 0.3 is 0 Å². The molecule has 0 aliphatic rings. The number of hydrogen-bond acceptors (Lipinski definition) is 5. The van der Waals surface area contributed by atoms with Crippen LogP contribution in [0, 0.1) is 11.3 Å². The maximum Gasteiger partial charge on any atom is 0.248 e. The summed E-state index contributed by atoms with van der Waals surface area (Å²) < 4.78 is 10.6. The van der Waals surface area contributed by atoms with Crippen molar-refractivity contribution in [2.45, 2.75) is 0 Å². The lowest BCUT2D eigenvalue weighted by molar-refractivity contribution is -0.111. The molecule has 6 heteroatoms. The van der Waals surface area contributed by atoms with Crippen LogP contribution in [0.4, 0.5) is 5.69 Å². The first-order chi connectivity index (χ1) is 13.7. The topological polar surface area (TPSA) is 71.3 Å². The maximum absolute atomic E-state index is 12.4. The van der Waals surface area contributed by atoms with E-state index in [-0.39, 0.29) is 12.5 Å². The van der Waals surface area contributed by atoms with Gasteiger partial charge in [0.15, 0.2) is 18.1 Å². The van der Waals surface area contributed by atoms with Crippen molar-refractivity contribution in [3.8, 4) is 28.0 Å². The van der Waals surface area contributed by atoms with Crippen LogP contribution in [0.15, 0.2) is 66.1 Å². The van der Waals surface area contributed by atoms with Gasteiger partial charge in [-0.2, -0.15) is 5.26 Å². The Morgan fingerprint density at radius 1 is 1.18 bits per heavy atom. The summed E-state index contributed by atoms with van der Waals surface area (Å²) in [4.78, 5) is 13.5. The molecule has 0 spiro atoms. The Hall–Kier alpha value is -3.56. The number of nitriles is 1. The van der Waals surface area contributed by atoms with E-state index < -0.39 is 0 Å². The number of nitrogens with one attached hydrogen (secondary N) is 1. The van der Waals surface area contributed by atoms with Gasteiger partial charge in [0.1, 0.15) is 6.07 Å². The first kappa shape index (κ1) is 19.2. The summed E-state index contributed by atoms with van der Waals surface area (Å²) in [5.41, 5.74) is 2.53. The second-order valence-corrected chi connectivity index (χ2v) is 6.65. The van der Waals surface area contributed by atoms with Crippen LogP contribution >= 0.6 is 11.3 Å². The summed E-state index contributed by atoms with van der Waals surface area (Å²) in [6.07, 6.45) is 3.16. The van der Waals surface area contributed by atoms with Crippen LogP contribution < -0.4 is 14.8 Å². The number of thiophene rings is 1. The SMILES string of the molecule is COc1cc(/C=C/C(=O)Nc2ccccc2-c2cccs2)ccc1OCC#N. The van der Waals surface area contributed by atoms with E-state index in [2.05, 4.69) is 5.32 Å². The van der Waals surface area contributed by atoms with Crippen molar-refractivity contribution >= 4 is 29.0 Å². The lowest BCUT2D eigenvalue weighted by atomic mass is 10.1. The average molecular weight is 390 g/mol. The standard InChI is InChI=1S/C22H18N2O3S/c1-26-20-15-16(8-10-19(20)27-13-12-23)9-11-22(25)24-18-6-3-2-5-17(18)21-7-4-14-28-21/h2-11,14-15H,13H2,1H3,(H,24,25)/b11-9+. The van der Waals surface area contributed by atoms with E-state index in [9.17, 15) is 4.79 Å². The second kappa shape index (κ2) is 9.40. The number of ether oxygens (including phenoxy) is 2. The predicted octanol–water partition coefficient (Wildman–Crippen LogP) is 4.98. The fraction of sp³-hybridized carbons (Fsp3) is 0.0909. The number of methoxy groups -OCH3 is 1. The largest absolute Gasteiger partial charge is 0.493 e. The van der Waals surface area contributed by atoms with E-state index in [0.717, 1.165) is 21.7 Å². The van der Waals surface area contributed by atoms with E-state index >= 15 is 0 Å². The number of nitrogens with zero attached hydrogens (tertiary/aromatic N) is 1. The van der Waals surface area contributed by atoms with Gasteiger partial charge < -0.3 is 14.8 Å². The van der Waals surface area contributed by atoms with Gasteiger partial charge in [0, 0.05) is 22.2 Å². The molecule has 2 aromatic carbocycles. The number of para-hydroxylation sites is 1. The van der Waals surface area contributed by atoms with E-state index in [1.807, 2.05) is 47.8 Å². The van der Waals surface area contributed by atoms with Crippen LogP contribution in [0.3, 0.4) is 0 Å². The molecule has 0 saturated carbocycles. The van der Waals surface area contributed by atoms with Crippen molar-refractivity contribution in [2.75, 3.05) is 19.0 Å². The number of benzene rings is 2. The molecule has 0 radical (unpaired) electrons. The average Bonchev–Trinajstić information content (AvgIpc) is 3.26. The molecule has 3 rings (SSSR count). The van der Waals surface area contributed by atoms with Gasteiger partial charge in [-0.25, -0.2) is 0 Å². The quantitative estimate of drug-likeness (QED) is 0.578. The molecule has 1 amide bonds. The lowest BCUT2D eigenvalue weighted by Gasteiger charge is -2.09. The normalized spacial score (nSPS) is 10.4. The van der Waals surface area contributed by atoms with Gasteiger partial charge in [-0.1, -0.05) is 30.3 Å². The van der Waals surface area contributed by atoms with Crippen molar-refractivity contribution in [3.05, 3.63) is 71.6 Å². The molecule has 1 aromatic heterocycles. The van der Waals surface area contributed by atoms with E-state index in [1.54, 1.807) is 35.6 Å². The summed E-state index contributed by atoms with van der Waals surface area (Å²) in [6.45, 7) is -0.0579. The highest BCUT2D eigenvalue weighted by Gasteiger charge is 2.08. The molecule has 140 valence electrons. The number of carbonyl (C=O) groups excluding carboxylic acids is 1. The van der Waals surface area contributed by atoms with Crippen LogP contribution in [0.25, 0.3) is 16.5 Å². The second-order valence-electron chi connectivity index (χ2n) is 5.70. The number of amides is 1. The molecule has 0 fully saturated rings. The zero-order valence-electron chi connectivity index (χ0n) is 15.2. The number of anilines is 1. The van der Waals surface area contributed by atoms with Crippen molar-refractivity contribution in [1.29, 1.82) is 5.26 Å². The maximum atomic E-state index is 12.4. The highest BCUT2D eigenvalue weighted by Crippen LogP contribution is 2.31. The first-order valence-corrected chi connectivity index (χ1v) is 9.39. The van der Waals surface area contributed by atoms with Gasteiger partial charge in [-0.05, 0) is 41.3 Å². The summed E-state index contributed by atoms with van der Waals surface area (Å²) >= 11 is 1.62. The molecule has 5 nitrogen and oxygen atoms in total. The first-order valence-electron chi connectivity index (χ1n) is 8.51. The number of hydrogen-bond donors (Lipinski definition) is 1. The Kier molecular flexibility index (Phi) is 6.45. The fourth-order valence-corrected chi connectivity index (χ4v) is 3.37. The predicted molar refractivity (Wildman–Crippen MR) is 112 cm³/mol. The molecule has 3 aromatic rings. The Balaban J connectivity index is 1.72. The van der Waals surface area contributed by atoms with Gasteiger partial charge in [0.2, 0.25) is 5.91 Å². The van der Waals surface area contributed by atoms with E-state index in [4.69, 9.17) is 14.7 Å². The summed E-state index contributed by atoms with van der Waals surface area (Å²) in [5, 5.41) is 13.6. The summed E-state index contributed by atoms with van der Waals surface area (Å²) in [5.74, 6) is 0.754. The molecule has 0 bridgehead atoms. The van der Waals surface area contributed by atoms with E-state index in [0.29, 0.717) is 11.5 Å². The summed E-state index contributed by atoms with van der Waals surface area (Å²) in [6, 6.07) is 18.9. The minimum absolute atomic E-state index is 0.0579. The van der Waals surface area contributed by atoms with Gasteiger partial charge in [0.25, 0.3) is 0 Å². The molecular formula is C22H18N2O3S. The molecule has 1 N–H and O–H groups in total. The summed E-state index contributed by atoms with van der Waals surface area (Å²) in [7, 11) is 1.52. The Bertz CT molecular complexity index is 1020. The van der Waals surface area contributed by atoms with Crippen molar-refractivity contribution in [3.63, 3.8) is 0 Å². The van der Waals surface area contributed by atoms with Crippen LogP contribution in [0.5, 0.6) is 11.5 Å². The van der Waals surface area contributed by atoms with Gasteiger partial charge in [0.05, 0.1) is 7.11 Å². The zero-order valence-corrected chi connectivity index (χ0v) is 16.0. The number of rotatable bonds is 7. The highest BCUT2D eigenvalue weighted by molar-refractivity contribution is 7.13. The van der Waals surface area contributed by atoms with Crippen molar-refractivity contribution in [2.24, 2.45) is 0 Å². The molecule has 1 heterocycles. The minimum atomic E-state index is -0.229. The van der Waals surface area contributed by atoms with Gasteiger partial charge in [-0.3, -0.25) is 4.79 Å². The monoisotopic (exact) mass is 390 g/mol. The fourth-order valence-electron chi connectivity index (χ4n) is 2.60. The molecule has 28 heavy (non-hydrogen) atoms. The minimum Gasteiger partial charge on any atom is -0.493 e. The molecule has 0 aliphatic carbocycles. The van der Waals surface area contributed by atoms with Crippen molar-refractivity contribution in [1.82, 2.24) is 0 Å². The molecular weight excluding hydrogens is 372 g/mol. The van der Waals surface area contributed by atoms with Gasteiger partial charge in [-0.15, -0.1) is 11.3 Å². The van der Waals surface area contributed by atoms with Crippen LogP contribution in [0.2, 0.25) is 0 Å². The highest BCUT2D eigenvalue weighted by atomic mass is 32.1. The molecule has 0 unspecified atom stereocenters. The third-order valence-electron chi connectivity index (χ3n) is 3.88. The lowest BCUT2D eigenvalue weighted by Crippen LogP contribution is -2.08. The third-order valence-corrected chi connectivity index (χ3v) is 4.78. The van der Waals surface area contributed by atoms with Crippen LogP contribution in [-0.2, 0) is 4.79 Å². The van der Waals surface area contributed by atoms with Crippen LogP contribution in [0.1, 0.15) is 5.56 Å². The van der Waals surface area contributed by atoms with Crippen LogP contribution in [-0.4, -0.2) is 19.6 Å². The Morgan fingerprint density at radius 2 is 2.04 bits per heavy atom.